The van der Waals surface area contributed by atoms with Gasteiger partial charge in [0.25, 0.3) is 5.91 Å². The standard InChI is InChI=1S/C12H14BrNO4/c1-17-12(16)9-4-2-3-6-14(9)11(15)8-5-7-18-10(8)13/h5,7,9H,2-4,6H2,1H3/t9-/m1/s1. The molecule has 0 radical (unpaired) electrons. The Hall–Kier alpha value is -1.30. The fourth-order valence-electron chi connectivity index (χ4n) is 2.16. The Kier molecular flexibility index (Phi) is 4.06. The number of carbonyl (C=O) groups is 2. The van der Waals surface area contributed by atoms with Crippen LogP contribution in [-0.2, 0) is 9.53 Å². The highest BCUT2D eigenvalue weighted by Crippen LogP contribution is 2.24. The van der Waals surface area contributed by atoms with Crippen LogP contribution >= 0.6 is 15.9 Å². The summed E-state index contributed by atoms with van der Waals surface area (Å²) in [5.41, 5.74) is 0.436. The highest BCUT2D eigenvalue weighted by molar-refractivity contribution is 9.10. The number of halogens is 1. The summed E-state index contributed by atoms with van der Waals surface area (Å²) >= 11 is 3.18. The normalized spacial score (nSPS) is 19.7. The summed E-state index contributed by atoms with van der Waals surface area (Å²) in [6, 6.07) is 1.10. The van der Waals surface area contributed by atoms with Gasteiger partial charge in [-0.3, -0.25) is 4.79 Å². The largest absolute Gasteiger partial charge is 0.467 e. The van der Waals surface area contributed by atoms with Gasteiger partial charge in [0.15, 0.2) is 4.67 Å². The zero-order valence-electron chi connectivity index (χ0n) is 10.0. The second-order valence-corrected chi connectivity index (χ2v) is 4.86. The summed E-state index contributed by atoms with van der Waals surface area (Å²) in [6.07, 6.45) is 3.91. The van der Waals surface area contributed by atoms with Crippen LogP contribution in [-0.4, -0.2) is 36.5 Å². The Labute approximate surface area is 113 Å². The lowest BCUT2D eigenvalue weighted by atomic mass is 10.0. The van der Waals surface area contributed by atoms with Gasteiger partial charge in [0, 0.05) is 6.54 Å². The summed E-state index contributed by atoms with van der Waals surface area (Å²) in [4.78, 5) is 25.6. The van der Waals surface area contributed by atoms with Crippen molar-refractivity contribution in [1.82, 2.24) is 4.90 Å². The number of rotatable bonds is 2. The Morgan fingerprint density at radius 3 is 2.89 bits per heavy atom. The number of piperidine rings is 1. The van der Waals surface area contributed by atoms with Gasteiger partial charge in [0.05, 0.1) is 18.9 Å². The predicted molar refractivity (Wildman–Crippen MR) is 67.1 cm³/mol. The van der Waals surface area contributed by atoms with Gasteiger partial charge in [-0.2, -0.15) is 0 Å². The molecule has 98 valence electrons. The molecule has 18 heavy (non-hydrogen) atoms. The van der Waals surface area contributed by atoms with Crippen molar-refractivity contribution in [1.29, 1.82) is 0 Å². The number of esters is 1. The quantitative estimate of drug-likeness (QED) is 0.785. The lowest BCUT2D eigenvalue weighted by Crippen LogP contribution is -2.48. The second kappa shape index (κ2) is 5.56. The molecule has 1 fully saturated rings. The summed E-state index contributed by atoms with van der Waals surface area (Å²) in [5.74, 6) is -0.562. The molecule has 1 aromatic heterocycles. The minimum Gasteiger partial charge on any atom is -0.467 e. The Bertz CT molecular complexity index is 457. The molecular weight excluding hydrogens is 302 g/mol. The number of nitrogens with zero attached hydrogens (tertiary/aromatic N) is 1. The monoisotopic (exact) mass is 315 g/mol. The van der Waals surface area contributed by atoms with Crippen LogP contribution in [0.5, 0.6) is 0 Å². The van der Waals surface area contributed by atoms with Crippen LogP contribution in [0.4, 0.5) is 0 Å². The van der Waals surface area contributed by atoms with E-state index in [1.165, 1.54) is 13.4 Å². The first-order valence-electron chi connectivity index (χ1n) is 5.77. The van der Waals surface area contributed by atoms with Crippen LogP contribution in [0, 0.1) is 0 Å². The molecule has 1 saturated heterocycles. The van der Waals surface area contributed by atoms with Gasteiger partial charge in [-0.1, -0.05) is 0 Å². The number of methoxy groups -OCH3 is 1. The van der Waals surface area contributed by atoms with E-state index in [1.807, 2.05) is 0 Å². The number of likely N-dealkylation sites (tertiary alicyclic amines) is 1. The van der Waals surface area contributed by atoms with Crippen LogP contribution in [0.2, 0.25) is 0 Å². The maximum atomic E-state index is 12.3. The molecule has 2 rings (SSSR count). The maximum Gasteiger partial charge on any atom is 0.328 e. The number of hydrogen-bond donors (Lipinski definition) is 0. The molecule has 0 N–H and O–H groups in total. The summed E-state index contributed by atoms with van der Waals surface area (Å²) in [7, 11) is 1.34. The summed E-state index contributed by atoms with van der Waals surface area (Å²) < 4.78 is 10.2. The molecule has 1 atom stereocenters. The zero-order valence-corrected chi connectivity index (χ0v) is 11.6. The molecule has 2 heterocycles. The van der Waals surface area contributed by atoms with Crippen molar-refractivity contribution in [3.63, 3.8) is 0 Å². The van der Waals surface area contributed by atoms with E-state index in [2.05, 4.69) is 15.9 Å². The lowest BCUT2D eigenvalue weighted by molar-refractivity contribution is -0.147. The summed E-state index contributed by atoms with van der Waals surface area (Å²) in [5, 5.41) is 0. The van der Waals surface area contributed by atoms with Gasteiger partial charge in [-0.15, -0.1) is 0 Å². The van der Waals surface area contributed by atoms with Gasteiger partial charge < -0.3 is 14.1 Å². The van der Waals surface area contributed by atoms with Crippen molar-refractivity contribution in [3.8, 4) is 0 Å². The minimum absolute atomic E-state index is 0.203. The molecule has 0 aromatic carbocycles. The molecule has 6 heteroatoms. The molecule has 1 aromatic rings. The van der Waals surface area contributed by atoms with E-state index in [-0.39, 0.29) is 11.9 Å². The first kappa shape index (κ1) is 13.1. The molecule has 0 unspecified atom stereocenters. The van der Waals surface area contributed by atoms with E-state index in [0.717, 1.165) is 12.8 Å². The lowest BCUT2D eigenvalue weighted by Gasteiger charge is -2.33. The third-order valence-corrected chi connectivity index (χ3v) is 3.70. The molecule has 1 aliphatic rings. The average Bonchev–Trinajstić information content (AvgIpc) is 2.83. The topological polar surface area (TPSA) is 59.8 Å². The van der Waals surface area contributed by atoms with Crippen LogP contribution in [0.15, 0.2) is 21.4 Å². The minimum atomic E-state index is -0.488. The van der Waals surface area contributed by atoms with E-state index in [4.69, 9.17) is 9.15 Å². The molecule has 0 bridgehead atoms. The van der Waals surface area contributed by atoms with Crippen molar-refractivity contribution < 1.29 is 18.7 Å². The zero-order chi connectivity index (χ0) is 13.1. The number of carbonyl (C=O) groups excluding carboxylic acids is 2. The van der Waals surface area contributed by atoms with Gasteiger partial charge >= 0.3 is 5.97 Å². The smallest absolute Gasteiger partial charge is 0.328 e. The molecule has 1 amide bonds. The van der Waals surface area contributed by atoms with Crippen LogP contribution in [0.25, 0.3) is 0 Å². The van der Waals surface area contributed by atoms with Gasteiger partial charge in [0.2, 0.25) is 0 Å². The Morgan fingerprint density at radius 1 is 1.50 bits per heavy atom. The number of hydrogen-bond acceptors (Lipinski definition) is 4. The first-order valence-corrected chi connectivity index (χ1v) is 6.56. The fourth-order valence-corrected chi connectivity index (χ4v) is 2.57. The van der Waals surface area contributed by atoms with E-state index in [0.29, 0.717) is 23.2 Å². The third kappa shape index (κ3) is 2.43. The predicted octanol–water partition coefficient (Wildman–Crippen LogP) is 2.21. The van der Waals surface area contributed by atoms with Crippen LogP contribution < -0.4 is 0 Å². The molecule has 0 saturated carbocycles. The molecule has 0 spiro atoms. The Balaban J connectivity index is 2.21. The molecule has 5 nitrogen and oxygen atoms in total. The van der Waals surface area contributed by atoms with Crippen LogP contribution in [0.3, 0.4) is 0 Å². The SMILES string of the molecule is COC(=O)[C@H]1CCCCN1C(=O)c1ccoc1Br. The van der Waals surface area contributed by atoms with Gasteiger partial charge in [0.1, 0.15) is 6.04 Å². The van der Waals surface area contributed by atoms with Crippen molar-refractivity contribution >= 4 is 27.8 Å². The van der Waals surface area contributed by atoms with Crippen molar-refractivity contribution in [2.45, 2.75) is 25.3 Å². The first-order chi connectivity index (χ1) is 8.65. The van der Waals surface area contributed by atoms with Crippen molar-refractivity contribution in [3.05, 3.63) is 22.6 Å². The summed E-state index contributed by atoms with van der Waals surface area (Å²) in [6.45, 7) is 0.566. The number of ether oxygens (including phenoxy) is 1. The van der Waals surface area contributed by atoms with Crippen LogP contribution in [0.1, 0.15) is 29.6 Å². The third-order valence-electron chi connectivity index (χ3n) is 3.09. The molecular formula is C12H14BrNO4. The van der Waals surface area contributed by atoms with E-state index in [1.54, 1.807) is 11.0 Å². The highest BCUT2D eigenvalue weighted by Gasteiger charge is 2.34. The highest BCUT2D eigenvalue weighted by atomic mass is 79.9. The maximum absolute atomic E-state index is 12.3. The fraction of sp³-hybridized carbons (Fsp3) is 0.500. The van der Waals surface area contributed by atoms with Gasteiger partial charge in [-0.05, 0) is 41.3 Å². The average molecular weight is 316 g/mol. The number of amides is 1. The van der Waals surface area contributed by atoms with E-state index in [9.17, 15) is 9.59 Å². The van der Waals surface area contributed by atoms with Crippen molar-refractivity contribution in [2.75, 3.05) is 13.7 Å². The second-order valence-electron chi connectivity index (χ2n) is 4.14. The van der Waals surface area contributed by atoms with E-state index < -0.39 is 6.04 Å². The Morgan fingerprint density at radius 2 is 2.28 bits per heavy atom. The van der Waals surface area contributed by atoms with Gasteiger partial charge in [-0.25, -0.2) is 4.79 Å². The van der Waals surface area contributed by atoms with E-state index >= 15 is 0 Å². The number of furan rings is 1. The molecule has 1 aliphatic heterocycles. The molecule has 0 aliphatic carbocycles. The van der Waals surface area contributed by atoms with Crippen molar-refractivity contribution in [2.24, 2.45) is 0 Å².